The van der Waals surface area contributed by atoms with Crippen LogP contribution in [-0.2, 0) is 6.54 Å². The van der Waals surface area contributed by atoms with E-state index in [1.165, 1.54) is 0 Å². The monoisotopic (exact) mass is 216 g/mol. The van der Waals surface area contributed by atoms with E-state index in [9.17, 15) is 0 Å². The molecule has 84 valence electrons. The molecule has 2 rings (SSSR count). The molecule has 0 saturated carbocycles. The van der Waals surface area contributed by atoms with Gasteiger partial charge in [-0.25, -0.2) is 4.98 Å². The molecule has 0 spiro atoms. The van der Waals surface area contributed by atoms with Gasteiger partial charge in [0.05, 0.1) is 5.69 Å². The minimum Gasteiger partial charge on any atom is -0.383 e. The Labute approximate surface area is 95.1 Å². The van der Waals surface area contributed by atoms with Crippen molar-refractivity contribution in [2.75, 3.05) is 5.73 Å². The summed E-state index contributed by atoms with van der Waals surface area (Å²) in [6.07, 6.45) is 1.70. The first-order valence-corrected chi connectivity index (χ1v) is 5.40. The van der Waals surface area contributed by atoms with Gasteiger partial charge in [0.25, 0.3) is 0 Å². The van der Waals surface area contributed by atoms with Crippen molar-refractivity contribution in [3.8, 4) is 11.1 Å². The van der Waals surface area contributed by atoms with Gasteiger partial charge in [-0.3, -0.25) is 4.68 Å². The maximum atomic E-state index is 5.89. The predicted molar refractivity (Wildman–Crippen MR) is 65.0 cm³/mol. The Morgan fingerprint density at radius 2 is 2.12 bits per heavy atom. The molecule has 2 heterocycles. The summed E-state index contributed by atoms with van der Waals surface area (Å²) in [7, 11) is 0. The first kappa shape index (κ1) is 10.7. The van der Waals surface area contributed by atoms with Gasteiger partial charge in [-0.1, -0.05) is 0 Å². The summed E-state index contributed by atoms with van der Waals surface area (Å²) in [4.78, 5) is 4.11. The molecule has 0 saturated heterocycles. The van der Waals surface area contributed by atoms with Gasteiger partial charge in [0.1, 0.15) is 5.82 Å². The van der Waals surface area contributed by atoms with Crippen LogP contribution in [0.25, 0.3) is 11.1 Å². The summed E-state index contributed by atoms with van der Waals surface area (Å²) in [6, 6.07) is 3.88. The highest BCUT2D eigenvalue weighted by molar-refractivity contribution is 5.76. The van der Waals surface area contributed by atoms with E-state index in [0.29, 0.717) is 5.82 Å². The van der Waals surface area contributed by atoms with Gasteiger partial charge in [-0.05, 0) is 32.9 Å². The van der Waals surface area contributed by atoms with Crippen LogP contribution in [0.1, 0.15) is 18.3 Å². The van der Waals surface area contributed by atoms with Gasteiger partial charge in [0.2, 0.25) is 0 Å². The molecule has 16 heavy (non-hydrogen) atoms. The second kappa shape index (κ2) is 3.96. The molecule has 0 fully saturated rings. The normalized spacial score (nSPS) is 10.7. The maximum Gasteiger partial charge on any atom is 0.131 e. The Kier molecular flexibility index (Phi) is 2.64. The van der Waals surface area contributed by atoms with Crippen molar-refractivity contribution in [1.29, 1.82) is 0 Å². The summed E-state index contributed by atoms with van der Waals surface area (Å²) in [5.41, 5.74) is 10.1. The Morgan fingerprint density at radius 1 is 1.38 bits per heavy atom. The fourth-order valence-electron chi connectivity index (χ4n) is 2.02. The largest absolute Gasteiger partial charge is 0.383 e. The van der Waals surface area contributed by atoms with Gasteiger partial charge >= 0.3 is 0 Å². The predicted octanol–water partition coefficient (Wildman–Crippen LogP) is 2.16. The molecular formula is C12H16N4. The number of nitrogens with zero attached hydrogens (tertiary/aromatic N) is 3. The number of aromatic nitrogens is 3. The third-order valence-electron chi connectivity index (χ3n) is 2.79. The minimum atomic E-state index is 0.560. The molecule has 0 aliphatic carbocycles. The fourth-order valence-corrected chi connectivity index (χ4v) is 2.02. The minimum absolute atomic E-state index is 0.560. The van der Waals surface area contributed by atoms with Gasteiger partial charge in [-0.15, -0.1) is 0 Å². The average molecular weight is 216 g/mol. The zero-order valence-corrected chi connectivity index (χ0v) is 9.86. The van der Waals surface area contributed by atoms with E-state index in [1.807, 2.05) is 23.7 Å². The molecule has 2 N–H and O–H groups in total. The van der Waals surface area contributed by atoms with E-state index in [0.717, 1.165) is 29.1 Å². The smallest absolute Gasteiger partial charge is 0.131 e. The number of nitrogen functional groups attached to an aromatic ring is 1. The van der Waals surface area contributed by atoms with Crippen molar-refractivity contribution in [2.24, 2.45) is 0 Å². The number of hydrogen-bond donors (Lipinski definition) is 1. The quantitative estimate of drug-likeness (QED) is 0.837. The van der Waals surface area contributed by atoms with E-state index in [-0.39, 0.29) is 0 Å². The fraction of sp³-hybridized carbons (Fsp3) is 0.333. The standard InChI is InChI=1S/C12H16N4/c1-4-16-9(3)11(8(2)15-16)10-6-5-7-14-12(10)13/h5-7H,4H2,1-3H3,(H2,13,14). The van der Waals surface area contributed by atoms with Crippen molar-refractivity contribution in [3.05, 3.63) is 29.7 Å². The Balaban J connectivity index is 2.65. The maximum absolute atomic E-state index is 5.89. The molecule has 4 nitrogen and oxygen atoms in total. The second-order valence-electron chi connectivity index (χ2n) is 3.80. The van der Waals surface area contributed by atoms with Crippen molar-refractivity contribution < 1.29 is 0 Å². The molecule has 0 amide bonds. The molecule has 2 aromatic rings. The SMILES string of the molecule is CCn1nc(C)c(-c2cccnc2N)c1C. The third kappa shape index (κ3) is 1.56. The van der Waals surface area contributed by atoms with E-state index >= 15 is 0 Å². The van der Waals surface area contributed by atoms with Gasteiger partial charge in [0, 0.05) is 29.6 Å². The molecule has 0 aromatic carbocycles. The lowest BCUT2D eigenvalue weighted by Crippen LogP contribution is -1.99. The molecule has 0 bridgehead atoms. The molecular weight excluding hydrogens is 200 g/mol. The molecule has 0 aliphatic rings. The highest BCUT2D eigenvalue weighted by atomic mass is 15.3. The number of nitrogens with two attached hydrogens (primary N) is 1. The summed E-state index contributed by atoms with van der Waals surface area (Å²) in [5, 5.41) is 4.48. The Bertz CT molecular complexity index is 514. The zero-order valence-electron chi connectivity index (χ0n) is 9.86. The van der Waals surface area contributed by atoms with E-state index < -0.39 is 0 Å². The van der Waals surface area contributed by atoms with Crippen LogP contribution in [0.3, 0.4) is 0 Å². The first-order valence-electron chi connectivity index (χ1n) is 5.40. The molecule has 2 aromatic heterocycles. The van der Waals surface area contributed by atoms with Crippen molar-refractivity contribution in [3.63, 3.8) is 0 Å². The van der Waals surface area contributed by atoms with Crippen LogP contribution in [-0.4, -0.2) is 14.8 Å². The van der Waals surface area contributed by atoms with Crippen molar-refractivity contribution >= 4 is 5.82 Å². The lowest BCUT2D eigenvalue weighted by Gasteiger charge is -2.05. The van der Waals surface area contributed by atoms with E-state index in [4.69, 9.17) is 5.73 Å². The van der Waals surface area contributed by atoms with Crippen LogP contribution in [0.15, 0.2) is 18.3 Å². The van der Waals surface area contributed by atoms with Crippen LogP contribution in [0, 0.1) is 13.8 Å². The number of aryl methyl sites for hydroxylation is 2. The second-order valence-corrected chi connectivity index (χ2v) is 3.80. The average Bonchev–Trinajstić information content (AvgIpc) is 2.55. The van der Waals surface area contributed by atoms with Gasteiger partial charge in [0.15, 0.2) is 0 Å². The highest BCUT2D eigenvalue weighted by Gasteiger charge is 2.14. The van der Waals surface area contributed by atoms with Crippen LogP contribution < -0.4 is 5.73 Å². The number of hydrogen-bond acceptors (Lipinski definition) is 3. The molecule has 0 radical (unpaired) electrons. The molecule has 0 unspecified atom stereocenters. The lowest BCUT2D eigenvalue weighted by molar-refractivity contribution is 0.634. The van der Waals surface area contributed by atoms with Crippen molar-refractivity contribution in [2.45, 2.75) is 27.3 Å². The van der Waals surface area contributed by atoms with Crippen LogP contribution >= 0.6 is 0 Å². The molecule has 0 atom stereocenters. The highest BCUT2D eigenvalue weighted by Crippen LogP contribution is 2.29. The molecule has 0 aliphatic heterocycles. The van der Waals surface area contributed by atoms with Crippen LogP contribution in [0.5, 0.6) is 0 Å². The van der Waals surface area contributed by atoms with E-state index in [2.05, 4.69) is 23.9 Å². The summed E-state index contributed by atoms with van der Waals surface area (Å²) >= 11 is 0. The first-order chi connectivity index (χ1) is 7.65. The summed E-state index contributed by atoms with van der Waals surface area (Å²) in [6.45, 7) is 7.01. The summed E-state index contributed by atoms with van der Waals surface area (Å²) < 4.78 is 1.98. The molecule has 4 heteroatoms. The number of rotatable bonds is 2. The Morgan fingerprint density at radius 3 is 2.69 bits per heavy atom. The van der Waals surface area contributed by atoms with E-state index in [1.54, 1.807) is 6.20 Å². The summed E-state index contributed by atoms with van der Waals surface area (Å²) in [5.74, 6) is 0.560. The van der Waals surface area contributed by atoms with Crippen LogP contribution in [0.4, 0.5) is 5.82 Å². The number of anilines is 1. The van der Waals surface area contributed by atoms with Crippen molar-refractivity contribution in [1.82, 2.24) is 14.8 Å². The number of pyridine rings is 1. The van der Waals surface area contributed by atoms with Crippen LogP contribution in [0.2, 0.25) is 0 Å². The zero-order chi connectivity index (χ0) is 11.7. The van der Waals surface area contributed by atoms with Gasteiger partial charge < -0.3 is 5.73 Å². The van der Waals surface area contributed by atoms with Gasteiger partial charge in [-0.2, -0.15) is 5.10 Å². The lowest BCUT2D eigenvalue weighted by atomic mass is 10.1. The topological polar surface area (TPSA) is 56.7 Å². The third-order valence-corrected chi connectivity index (χ3v) is 2.79. The Hall–Kier alpha value is -1.84.